The van der Waals surface area contributed by atoms with Crippen molar-refractivity contribution in [3.05, 3.63) is 24.8 Å². The van der Waals surface area contributed by atoms with E-state index in [1.54, 1.807) is 0 Å². The monoisotopic (exact) mass is 423 g/mol. The number of hydrogen-bond donors (Lipinski definition) is 0. The van der Waals surface area contributed by atoms with Gasteiger partial charge in [-0.05, 0) is 119 Å². The van der Waals surface area contributed by atoms with E-state index in [-0.39, 0.29) is 5.41 Å². The number of nitrogens with zero attached hydrogens (tertiary/aromatic N) is 1. The van der Waals surface area contributed by atoms with Gasteiger partial charge in [-0.3, -0.25) is 0 Å². The zero-order valence-corrected chi connectivity index (χ0v) is 20.6. The van der Waals surface area contributed by atoms with Gasteiger partial charge in [0.05, 0.1) is 11.5 Å². The van der Waals surface area contributed by atoms with Crippen LogP contribution in [0.1, 0.15) is 122 Å². The van der Waals surface area contributed by atoms with E-state index in [9.17, 15) is 5.26 Å². The van der Waals surface area contributed by atoms with E-state index in [2.05, 4.69) is 32.2 Å². The molecule has 3 saturated carbocycles. The molecule has 0 spiro atoms. The summed E-state index contributed by atoms with van der Waals surface area (Å²) in [6.07, 6.45) is 25.7. The smallest absolute Gasteiger partial charge is 0.0692 e. The summed E-state index contributed by atoms with van der Waals surface area (Å²) >= 11 is 0. The van der Waals surface area contributed by atoms with Crippen molar-refractivity contribution in [2.45, 2.75) is 122 Å². The highest BCUT2D eigenvalue weighted by atomic mass is 14.5. The highest BCUT2D eigenvalue weighted by molar-refractivity contribution is 5.09. The van der Waals surface area contributed by atoms with Gasteiger partial charge in [0.25, 0.3) is 0 Å². The van der Waals surface area contributed by atoms with E-state index in [1.807, 2.05) is 0 Å². The van der Waals surface area contributed by atoms with E-state index in [4.69, 9.17) is 0 Å². The van der Waals surface area contributed by atoms with Gasteiger partial charge in [0.2, 0.25) is 0 Å². The summed E-state index contributed by atoms with van der Waals surface area (Å²) in [7, 11) is 0. The third-order valence-corrected chi connectivity index (χ3v) is 9.65. The quantitative estimate of drug-likeness (QED) is 0.253. The minimum Gasteiger partial charge on any atom is -0.198 e. The highest BCUT2D eigenvalue weighted by Crippen LogP contribution is 2.53. The van der Waals surface area contributed by atoms with Crippen molar-refractivity contribution in [1.29, 1.82) is 5.26 Å². The summed E-state index contributed by atoms with van der Waals surface area (Å²) in [5.41, 5.74) is 1.50. The second-order valence-corrected chi connectivity index (χ2v) is 11.4. The lowest BCUT2D eigenvalue weighted by molar-refractivity contribution is 0.0663. The predicted octanol–water partition coefficient (Wildman–Crippen LogP) is 9.40. The normalized spacial score (nSPS) is 36.5. The van der Waals surface area contributed by atoms with Crippen LogP contribution in [0.2, 0.25) is 0 Å². The van der Waals surface area contributed by atoms with Crippen LogP contribution < -0.4 is 0 Å². The van der Waals surface area contributed by atoms with Crippen LogP contribution in [0.5, 0.6) is 0 Å². The van der Waals surface area contributed by atoms with Crippen LogP contribution in [0.4, 0.5) is 0 Å². The standard InChI is InChI=1S/C30H49N/c1-4-6-7-8-9-10-24(3)26-15-17-29(18-16-26)30(23-31)21-19-28(20-22-30)27-13-11-25(5-2)12-14-27/h5,25-29H,2-4,6-22H2,1H3. The van der Waals surface area contributed by atoms with Crippen molar-refractivity contribution in [2.24, 2.45) is 35.0 Å². The first-order valence-corrected chi connectivity index (χ1v) is 13.8. The summed E-state index contributed by atoms with van der Waals surface area (Å²) in [6, 6.07) is 2.89. The third-order valence-electron chi connectivity index (χ3n) is 9.65. The fourth-order valence-electron chi connectivity index (χ4n) is 7.30. The minimum atomic E-state index is -0.0126. The third kappa shape index (κ3) is 6.49. The topological polar surface area (TPSA) is 23.8 Å². The summed E-state index contributed by atoms with van der Waals surface area (Å²) in [5.74, 6) is 3.94. The molecule has 31 heavy (non-hydrogen) atoms. The second-order valence-electron chi connectivity index (χ2n) is 11.4. The minimum absolute atomic E-state index is 0.0126. The molecule has 3 rings (SSSR count). The number of nitriles is 1. The highest BCUT2D eigenvalue weighted by Gasteiger charge is 2.44. The van der Waals surface area contributed by atoms with Crippen molar-refractivity contribution < 1.29 is 0 Å². The molecule has 0 atom stereocenters. The molecule has 3 fully saturated rings. The van der Waals surface area contributed by atoms with Crippen LogP contribution in [-0.2, 0) is 0 Å². The molecule has 0 aromatic rings. The average molecular weight is 424 g/mol. The van der Waals surface area contributed by atoms with E-state index >= 15 is 0 Å². The molecular formula is C30H49N. The number of allylic oxidation sites excluding steroid dienone is 2. The van der Waals surface area contributed by atoms with Crippen LogP contribution in [-0.4, -0.2) is 0 Å². The van der Waals surface area contributed by atoms with Gasteiger partial charge in [-0.25, -0.2) is 0 Å². The SMILES string of the molecule is C=CC1CCC(C2CCC(C#N)(C3CCC(C(=C)CCCCCCC)CC3)CC2)CC1. The summed E-state index contributed by atoms with van der Waals surface area (Å²) < 4.78 is 0. The van der Waals surface area contributed by atoms with Crippen molar-refractivity contribution >= 4 is 0 Å². The Morgan fingerprint density at radius 1 is 0.871 bits per heavy atom. The first kappa shape index (κ1) is 24.6. The Bertz CT molecular complexity index is 586. The van der Waals surface area contributed by atoms with Gasteiger partial charge in [-0.1, -0.05) is 50.8 Å². The van der Waals surface area contributed by atoms with E-state index in [0.717, 1.165) is 23.7 Å². The fourth-order valence-corrected chi connectivity index (χ4v) is 7.30. The van der Waals surface area contributed by atoms with Crippen LogP contribution in [0, 0.1) is 46.3 Å². The first-order chi connectivity index (χ1) is 15.1. The Morgan fingerprint density at radius 3 is 2.06 bits per heavy atom. The lowest BCUT2D eigenvalue weighted by atomic mass is 9.57. The molecule has 0 aromatic heterocycles. The van der Waals surface area contributed by atoms with Gasteiger partial charge in [0.1, 0.15) is 0 Å². The zero-order chi connectivity index (χ0) is 22.1. The predicted molar refractivity (Wildman–Crippen MR) is 134 cm³/mol. The van der Waals surface area contributed by atoms with Crippen molar-refractivity contribution in [1.82, 2.24) is 0 Å². The van der Waals surface area contributed by atoms with Crippen molar-refractivity contribution in [3.8, 4) is 6.07 Å². The summed E-state index contributed by atoms with van der Waals surface area (Å²) in [5, 5.41) is 10.2. The number of unbranched alkanes of at least 4 members (excludes halogenated alkanes) is 4. The molecule has 1 nitrogen and oxygen atoms in total. The molecule has 174 valence electrons. The van der Waals surface area contributed by atoms with Gasteiger partial charge in [-0.2, -0.15) is 5.26 Å². The lowest BCUT2D eigenvalue weighted by Gasteiger charge is -2.46. The largest absolute Gasteiger partial charge is 0.198 e. The molecule has 0 amide bonds. The van der Waals surface area contributed by atoms with Gasteiger partial charge >= 0.3 is 0 Å². The average Bonchev–Trinajstić information content (AvgIpc) is 2.84. The van der Waals surface area contributed by atoms with Gasteiger partial charge < -0.3 is 0 Å². The summed E-state index contributed by atoms with van der Waals surface area (Å²) in [4.78, 5) is 0. The molecule has 1 heteroatoms. The van der Waals surface area contributed by atoms with E-state index < -0.39 is 0 Å². The van der Waals surface area contributed by atoms with E-state index in [0.29, 0.717) is 5.92 Å². The summed E-state index contributed by atoms with van der Waals surface area (Å²) in [6.45, 7) is 10.8. The van der Waals surface area contributed by atoms with Crippen molar-refractivity contribution in [2.75, 3.05) is 0 Å². The maximum atomic E-state index is 10.2. The Labute approximate surface area is 193 Å². The molecular weight excluding hydrogens is 374 g/mol. The molecule has 0 bridgehead atoms. The van der Waals surface area contributed by atoms with Crippen LogP contribution >= 0.6 is 0 Å². The molecule has 0 saturated heterocycles. The Kier molecular flexibility index (Phi) is 9.74. The Morgan fingerprint density at radius 2 is 1.48 bits per heavy atom. The molecule has 3 aliphatic rings. The van der Waals surface area contributed by atoms with Gasteiger partial charge in [-0.15, -0.1) is 6.58 Å². The molecule has 0 aromatic carbocycles. The Hall–Kier alpha value is -1.03. The number of rotatable bonds is 10. The first-order valence-electron chi connectivity index (χ1n) is 13.8. The number of hydrogen-bond acceptors (Lipinski definition) is 1. The molecule has 3 aliphatic carbocycles. The lowest BCUT2D eigenvalue weighted by Crippen LogP contribution is -2.38. The fraction of sp³-hybridized carbons (Fsp3) is 0.833. The maximum absolute atomic E-state index is 10.2. The zero-order valence-electron chi connectivity index (χ0n) is 20.6. The van der Waals surface area contributed by atoms with Gasteiger partial charge in [0, 0.05) is 0 Å². The van der Waals surface area contributed by atoms with Crippen molar-refractivity contribution in [3.63, 3.8) is 0 Å². The molecule has 0 unspecified atom stereocenters. The Balaban J connectivity index is 1.41. The second kappa shape index (κ2) is 12.3. The molecule has 0 N–H and O–H groups in total. The van der Waals surface area contributed by atoms with Gasteiger partial charge in [0.15, 0.2) is 0 Å². The molecule has 0 radical (unpaired) electrons. The van der Waals surface area contributed by atoms with Crippen LogP contribution in [0.25, 0.3) is 0 Å². The van der Waals surface area contributed by atoms with Crippen LogP contribution in [0.15, 0.2) is 24.8 Å². The molecule has 0 heterocycles. The van der Waals surface area contributed by atoms with E-state index in [1.165, 1.54) is 121 Å². The molecule has 0 aliphatic heterocycles. The van der Waals surface area contributed by atoms with Crippen LogP contribution in [0.3, 0.4) is 0 Å². The maximum Gasteiger partial charge on any atom is 0.0692 e.